The van der Waals surface area contributed by atoms with Crippen LogP contribution in [0, 0.1) is 10.1 Å². The Morgan fingerprint density at radius 1 is 1.17 bits per heavy atom. The number of nitrogens with one attached hydrogen (secondary N) is 2. The molecule has 0 aliphatic carbocycles. The molecule has 2 aromatic carbocycles. The number of non-ortho nitro benzene ring substituents is 1. The number of benzene rings is 2. The topological polar surface area (TPSA) is 93.5 Å². The fourth-order valence-corrected chi connectivity index (χ4v) is 2.04. The van der Waals surface area contributed by atoms with Crippen molar-refractivity contribution in [3.05, 3.63) is 62.6 Å². The average molecular weight is 356 g/mol. The number of amides is 1. The molecule has 7 nitrogen and oxygen atoms in total. The van der Waals surface area contributed by atoms with Gasteiger partial charge in [-0.2, -0.15) is 0 Å². The fraction of sp³-hybridized carbons (Fsp3) is 0.0714. The Balaban J connectivity index is 1.82. The SMILES string of the molecule is O=C(COc1ccc(Cl)cc1Cl)NNc1ccc([N+](=O)[O-])cc1. The quantitative estimate of drug-likeness (QED) is 0.611. The van der Waals surface area contributed by atoms with E-state index in [1.807, 2.05) is 0 Å². The molecule has 0 unspecified atom stereocenters. The molecule has 120 valence electrons. The van der Waals surface area contributed by atoms with Gasteiger partial charge in [-0.25, -0.2) is 0 Å². The number of carbonyl (C=O) groups is 1. The van der Waals surface area contributed by atoms with E-state index in [-0.39, 0.29) is 12.3 Å². The first-order chi connectivity index (χ1) is 11.0. The van der Waals surface area contributed by atoms with Crippen LogP contribution in [0.1, 0.15) is 0 Å². The molecule has 2 rings (SSSR count). The third-order valence-electron chi connectivity index (χ3n) is 2.68. The van der Waals surface area contributed by atoms with E-state index in [0.717, 1.165) is 0 Å². The van der Waals surface area contributed by atoms with Crippen LogP contribution in [0.2, 0.25) is 10.0 Å². The lowest BCUT2D eigenvalue weighted by molar-refractivity contribution is -0.384. The first-order valence-corrected chi connectivity index (χ1v) is 7.08. The minimum atomic E-state index is -0.508. The third-order valence-corrected chi connectivity index (χ3v) is 3.21. The number of hydrazine groups is 1. The van der Waals surface area contributed by atoms with Gasteiger partial charge in [-0.05, 0) is 30.3 Å². The van der Waals surface area contributed by atoms with Gasteiger partial charge in [0.25, 0.3) is 11.6 Å². The first-order valence-electron chi connectivity index (χ1n) is 6.33. The summed E-state index contributed by atoms with van der Waals surface area (Å²) in [6, 6.07) is 10.2. The lowest BCUT2D eigenvalue weighted by atomic mass is 10.3. The smallest absolute Gasteiger partial charge is 0.276 e. The van der Waals surface area contributed by atoms with Crippen LogP contribution in [0.4, 0.5) is 11.4 Å². The maximum atomic E-state index is 11.7. The number of anilines is 1. The van der Waals surface area contributed by atoms with E-state index in [1.54, 1.807) is 12.1 Å². The summed E-state index contributed by atoms with van der Waals surface area (Å²) in [5, 5.41) is 11.3. The predicted molar refractivity (Wildman–Crippen MR) is 86.8 cm³/mol. The molecule has 0 radical (unpaired) electrons. The Morgan fingerprint density at radius 2 is 1.87 bits per heavy atom. The molecule has 0 aliphatic rings. The van der Waals surface area contributed by atoms with Crippen LogP contribution in [0.15, 0.2) is 42.5 Å². The summed E-state index contributed by atoms with van der Waals surface area (Å²) in [7, 11) is 0. The minimum absolute atomic E-state index is 0.0393. The molecule has 2 aromatic rings. The molecule has 0 saturated heterocycles. The van der Waals surface area contributed by atoms with Gasteiger partial charge >= 0.3 is 0 Å². The van der Waals surface area contributed by atoms with Gasteiger partial charge in [0.15, 0.2) is 6.61 Å². The Morgan fingerprint density at radius 3 is 2.48 bits per heavy atom. The van der Waals surface area contributed by atoms with Crippen LogP contribution >= 0.6 is 23.2 Å². The zero-order valence-electron chi connectivity index (χ0n) is 11.6. The summed E-state index contributed by atoms with van der Waals surface area (Å²) in [6.07, 6.45) is 0. The number of hydrogen-bond donors (Lipinski definition) is 2. The summed E-state index contributed by atoms with van der Waals surface area (Å²) < 4.78 is 5.26. The zero-order chi connectivity index (χ0) is 16.8. The van der Waals surface area contributed by atoms with Crippen molar-refractivity contribution in [2.75, 3.05) is 12.0 Å². The van der Waals surface area contributed by atoms with Gasteiger partial charge in [-0.15, -0.1) is 0 Å². The highest BCUT2D eigenvalue weighted by Gasteiger charge is 2.07. The standard InChI is InChI=1S/C14H11Cl2N3O4/c15-9-1-6-13(12(16)7-9)23-8-14(20)18-17-10-2-4-11(5-3-10)19(21)22/h1-7,17H,8H2,(H,18,20). The monoisotopic (exact) mass is 355 g/mol. The molecule has 0 spiro atoms. The second-order valence-corrected chi connectivity index (χ2v) is 5.18. The summed E-state index contributed by atoms with van der Waals surface area (Å²) in [5.74, 6) is -0.115. The molecular weight excluding hydrogens is 345 g/mol. The van der Waals surface area contributed by atoms with Crippen LogP contribution in [0.3, 0.4) is 0 Å². The van der Waals surface area contributed by atoms with E-state index in [4.69, 9.17) is 27.9 Å². The Hall–Kier alpha value is -2.51. The van der Waals surface area contributed by atoms with Gasteiger partial charge in [0.05, 0.1) is 15.6 Å². The number of carbonyl (C=O) groups excluding carboxylic acids is 1. The van der Waals surface area contributed by atoms with Gasteiger partial charge in [0.1, 0.15) is 5.75 Å². The van der Waals surface area contributed by atoms with Crippen LogP contribution in [-0.2, 0) is 4.79 Å². The number of halogens is 2. The zero-order valence-corrected chi connectivity index (χ0v) is 13.1. The Kier molecular flexibility index (Phi) is 5.61. The minimum Gasteiger partial charge on any atom is -0.482 e. The fourth-order valence-electron chi connectivity index (χ4n) is 1.58. The van der Waals surface area contributed by atoms with Crippen molar-refractivity contribution in [3.63, 3.8) is 0 Å². The van der Waals surface area contributed by atoms with Crippen LogP contribution < -0.4 is 15.6 Å². The van der Waals surface area contributed by atoms with E-state index in [2.05, 4.69) is 10.9 Å². The van der Waals surface area contributed by atoms with E-state index in [0.29, 0.717) is 21.5 Å². The predicted octanol–water partition coefficient (Wildman–Crippen LogP) is 3.42. The van der Waals surface area contributed by atoms with Gasteiger partial charge in [-0.3, -0.25) is 25.8 Å². The molecule has 0 atom stereocenters. The second kappa shape index (κ2) is 7.66. The van der Waals surface area contributed by atoms with Crippen molar-refractivity contribution in [1.82, 2.24) is 5.43 Å². The van der Waals surface area contributed by atoms with Crippen molar-refractivity contribution in [3.8, 4) is 5.75 Å². The molecule has 0 heterocycles. The second-order valence-electron chi connectivity index (χ2n) is 4.34. The van der Waals surface area contributed by atoms with Crippen molar-refractivity contribution >= 4 is 40.5 Å². The molecule has 0 fully saturated rings. The Bertz CT molecular complexity index is 722. The number of nitro groups is 1. The Labute approximate surface area is 141 Å². The summed E-state index contributed by atoms with van der Waals surface area (Å²) in [5.41, 5.74) is 5.46. The molecule has 0 bridgehead atoms. The summed E-state index contributed by atoms with van der Waals surface area (Å²) in [6.45, 7) is -0.263. The summed E-state index contributed by atoms with van der Waals surface area (Å²) >= 11 is 11.7. The lowest BCUT2D eigenvalue weighted by Crippen LogP contribution is -2.33. The molecule has 2 N–H and O–H groups in total. The van der Waals surface area contributed by atoms with Gasteiger partial charge < -0.3 is 4.74 Å². The molecule has 23 heavy (non-hydrogen) atoms. The molecule has 1 amide bonds. The average Bonchev–Trinajstić information content (AvgIpc) is 2.52. The van der Waals surface area contributed by atoms with Crippen molar-refractivity contribution in [1.29, 1.82) is 0 Å². The first kappa shape index (κ1) is 16.9. The molecule has 0 aliphatic heterocycles. The molecular formula is C14H11Cl2N3O4. The van der Waals surface area contributed by atoms with Crippen LogP contribution in [-0.4, -0.2) is 17.4 Å². The van der Waals surface area contributed by atoms with E-state index in [9.17, 15) is 14.9 Å². The highest BCUT2D eigenvalue weighted by Crippen LogP contribution is 2.27. The van der Waals surface area contributed by atoms with Crippen LogP contribution in [0.25, 0.3) is 0 Å². The normalized spacial score (nSPS) is 10.0. The number of hydrogen-bond acceptors (Lipinski definition) is 5. The highest BCUT2D eigenvalue weighted by molar-refractivity contribution is 6.35. The maximum Gasteiger partial charge on any atom is 0.276 e. The van der Waals surface area contributed by atoms with Gasteiger partial charge in [0.2, 0.25) is 0 Å². The van der Waals surface area contributed by atoms with E-state index in [1.165, 1.54) is 30.3 Å². The van der Waals surface area contributed by atoms with Crippen molar-refractivity contribution < 1.29 is 14.5 Å². The number of nitrogens with zero attached hydrogens (tertiary/aromatic N) is 1. The highest BCUT2D eigenvalue weighted by atomic mass is 35.5. The third kappa shape index (κ3) is 5.01. The number of nitro benzene ring substituents is 1. The van der Waals surface area contributed by atoms with Crippen molar-refractivity contribution in [2.24, 2.45) is 0 Å². The van der Waals surface area contributed by atoms with Gasteiger partial charge in [0, 0.05) is 17.2 Å². The summed E-state index contributed by atoms with van der Waals surface area (Å²) in [4.78, 5) is 21.7. The molecule has 0 saturated carbocycles. The number of ether oxygens (including phenoxy) is 1. The lowest BCUT2D eigenvalue weighted by Gasteiger charge is -2.10. The molecule has 0 aromatic heterocycles. The van der Waals surface area contributed by atoms with Crippen LogP contribution in [0.5, 0.6) is 5.75 Å². The van der Waals surface area contributed by atoms with Gasteiger partial charge in [-0.1, -0.05) is 23.2 Å². The largest absolute Gasteiger partial charge is 0.482 e. The van der Waals surface area contributed by atoms with Crippen molar-refractivity contribution in [2.45, 2.75) is 0 Å². The number of rotatable bonds is 6. The molecule has 9 heteroatoms. The van der Waals surface area contributed by atoms with E-state index >= 15 is 0 Å². The maximum absolute atomic E-state index is 11.7. The van der Waals surface area contributed by atoms with E-state index < -0.39 is 10.8 Å².